The molecule has 1 rings (SSSR count). The van der Waals surface area contributed by atoms with Crippen molar-refractivity contribution in [2.75, 3.05) is 11.9 Å². The first kappa shape index (κ1) is 23.5. The molecule has 0 atom stereocenters. The largest absolute Gasteiger partial charge is 1.00 e. The van der Waals surface area contributed by atoms with E-state index in [1.165, 1.54) is 69.8 Å². The molecule has 0 amide bonds. The quantitative estimate of drug-likeness (QED) is 0.410. The number of unbranched alkanes of at least 4 members (excludes halogenated alkanes) is 9. The summed E-state index contributed by atoms with van der Waals surface area (Å²) in [6.45, 7) is 2.12. The summed E-state index contributed by atoms with van der Waals surface area (Å²) in [7, 11) is 0. The molecule has 0 fully saturated rings. The van der Waals surface area contributed by atoms with Crippen LogP contribution in [-0.2, 0) is 11.2 Å². The molecule has 130 valence electrons. The number of carboxylic acids is 1. The van der Waals surface area contributed by atoms with Crippen LogP contribution in [0.1, 0.15) is 76.7 Å². The van der Waals surface area contributed by atoms with Gasteiger partial charge in [0.2, 0.25) is 0 Å². The van der Waals surface area contributed by atoms with Crippen LogP contribution in [0.25, 0.3) is 0 Å². The Morgan fingerprint density at radius 2 is 1.38 bits per heavy atom. The van der Waals surface area contributed by atoms with E-state index in [0.717, 1.165) is 12.1 Å². The maximum Gasteiger partial charge on any atom is 1.00 e. The van der Waals surface area contributed by atoms with Gasteiger partial charge in [-0.3, -0.25) is 0 Å². The molecule has 0 saturated heterocycles. The monoisotopic (exact) mass is 341 g/mol. The van der Waals surface area contributed by atoms with E-state index in [-0.39, 0.29) is 36.1 Å². The Morgan fingerprint density at radius 3 is 1.88 bits per heavy atom. The van der Waals surface area contributed by atoms with Crippen LogP contribution in [0.4, 0.5) is 5.69 Å². The summed E-state index contributed by atoms with van der Waals surface area (Å²) < 4.78 is 0. The molecule has 1 aromatic rings. The number of benzene rings is 1. The van der Waals surface area contributed by atoms with Crippen LogP contribution >= 0.6 is 0 Å². The number of aliphatic carboxylic acids is 1. The fourth-order valence-corrected chi connectivity index (χ4v) is 2.78. The number of rotatable bonds is 14. The standard InChI is InChI=1S/C20H33NO2.Na/c1-2-3-4-5-6-7-8-9-10-11-12-18-13-15-19(16-14-18)21-17-20(22)23;/h13-16,21H,2-12,17H2,1H3,(H,22,23);/q;+1/p-1. The zero-order chi connectivity index (χ0) is 16.8. The van der Waals surface area contributed by atoms with Gasteiger partial charge in [0, 0.05) is 5.69 Å². The zero-order valence-electron chi connectivity index (χ0n) is 15.6. The molecule has 0 aliphatic rings. The molecule has 1 N–H and O–H groups in total. The predicted octanol–water partition coefficient (Wildman–Crippen LogP) is 1.32. The van der Waals surface area contributed by atoms with Gasteiger partial charge in [0.1, 0.15) is 0 Å². The van der Waals surface area contributed by atoms with E-state index < -0.39 is 5.97 Å². The summed E-state index contributed by atoms with van der Waals surface area (Å²) in [6.07, 6.45) is 14.7. The number of carboxylic acid groups (broad SMARTS) is 1. The van der Waals surface area contributed by atoms with Crippen molar-refractivity contribution < 1.29 is 39.5 Å². The molecule has 0 unspecified atom stereocenters. The van der Waals surface area contributed by atoms with E-state index in [0.29, 0.717) is 0 Å². The Kier molecular flexibility index (Phi) is 15.6. The Morgan fingerprint density at radius 1 is 0.875 bits per heavy atom. The second-order valence-electron chi connectivity index (χ2n) is 6.35. The average Bonchev–Trinajstić information content (AvgIpc) is 2.55. The van der Waals surface area contributed by atoms with Gasteiger partial charge >= 0.3 is 29.6 Å². The van der Waals surface area contributed by atoms with Crippen LogP contribution < -0.4 is 40.0 Å². The summed E-state index contributed by atoms with van der Waals surface area (Å²) >= 11 is 0. The van der Waals surface area contributed by atoms with Crippen molar-refractivity contribution in [3.05, 3.63) is 29.8 Å². The van der Waals surface area contributed by atoms with Gasteiger partial charge in [-0.2, -0.15) is 0 Å². The Labute approximate surface area is 169 Å². The Hall–Kier alpha value is -0.510. The van der Waals surface area contributed by atoms with Crippen molar-refractivity contribution in [3.8, 4) is 0 Å². The topological polar surface area (TPSA) is 52.2 Å². The smallest absolute Gasteiger partial charge is 0.548 e. The number of hydrogen-bond donors (Lipinski definition) is 1. The molecule has 0 radical (unpaired) electrons. The third-order valence-electron chi connectivity index (χ3n) is 4.21. The van der Waals surface area contributed by atoms with Crippen LogP contribution in [0.3, 0.4) is 0 Å². The van der Waals surface area contributed by atoms with Crippen LogP contribution in [0.15, 0.2) is 24.3 Å². The van der Waals surface area contributed by atoms with Crippen molar-refractivity contribution in [3.63, 3.8) is 0 Å². The van der Waals surface area contributed by atoms with Gasteiger partial charge in [-0.05, 0) is 30.5 Å². The number of nitrogens with one attached hydrogen (secondary N) is 1. The van der Waals surface area contributed by atoms with Crippen molar-refractivity contribution >= 4 is 11.7 Å². The van der Waals surface area contributed by atoms with Gasteiger partial charge in [0.15, 0.2) is 0 Å². The van der Waals surface area contributed by atoms with E-state index in [1.54, 1.807) is 0 Å². The summed E-state index contributed by atoms with van der Waals surface area (Å²) in [5, 5.41) is 13.2. The third-order valence-corrected chi connectivity index (χ3v) is 4.21. The zero-order valence-corrected chi connectivity index (χ0v) is 17.6. The normalized spacial score (nSPS) is 10.2. The predicted molar refractivity (Wildman–Crippen MR) is 95.5 cm³/mol. The summed E-state index contributed by atoms with van der Waals surface area (Å²) in [5.74, 6) is -1.08. The fraction of sp³-hybridized carbons (Fsp3) is 0.650. The molecule has 1 aromatic carbocycles. The molecule has 24 heavy (non-hydrogen) atoms. The molecule has 0 aromatic heterocycles. The van der Waals surface area contributed by atoms with E-state index in [2.05, 4.69) is 24.4 Å². The van der Waals surface area contributed by atoms with Crippen molar-refractivity contribution in [2.45, 2.75) is 77.6 Å². The minimum absolute atomic E-state index is 0. The maximum atomic E-state index is 10.4. The first-order valence-corrected chi connectivity index (χ1v) is 9.25. The van der Waals surface area contributed by atoms with E-state index in [1.807, 2.05) is 12.1 Å². The number of carbonyl (C=O) groups excluding carboxylic acids is 1. The van der Waals surface area contributed by atoms with E-state index in [9.17, 15) is 9.90 Å². The van der Waals surface area contributed by atoms with Gasteiger partial charge in [-0.1, -0.05) is 76.8 Å². The van der Waals surface area contributed by atoms with Crippen LogP contribution in [0.5, 0.6) is 0 Å². The SMILES string of the molecule is CCCCCCCCCCCCc1ccc(NCC(=O)[O-])cc1.[Na+]. The number of hydrogen-bond acceptors (Lipinski definition) is 3. The van der Waals surface area contributed by atoms with Crippen molar-refractivity contribution in [1.82, 2.24) is 0 Å². The number of carbonyl (C=O) groups is 1. The van der Waals surface area contributed by atoms with Crippen LogP contribution in [0.2, 0.25) is 0 Å². The molecule has 0 spiro atoms. The Bertz CT molecular complexity index is 420. The third kappa shape index (κ3) is 12.9. The molecular weight excluding hydrogens is 309 g/mol. The minimum atomic E-state index is -1.08. The second kappa shape index (κ2) is 16.0. The molecule has 4 heteroatoms. The van der Waals surface area contributed by atoms with Gasteiger partial charge < -0.3 is 15.2 Å². The molecular formula is C20H32NNaO2. The molecule has 0 aliphatic carbocycles. The molecule has 3 nitrogen and oxygen atoms in total. The minimum Gasteiger partial charge on any atom is -0.548 e. The molecule has 0 aliphatic heterocycles. The first-order valence-electron chi connectivity index (χ1n) is 9.25. The van der Waals surface area contributed by atoms with Gasteiger partial charge in [-0.25, -0.2) is 0 Å². The maximum absolute atomic E-state index is 10.4. The summed E-state index contributed by atoms with van der Waals surface area (Å²) in [4.78, 5) is 10.4. The fourth-order valence-electron chi connectivity index (χ4n) is 2.78. The van der Waals surface area contributed by atoms with E-state index >= 15 is 0 Å². The summed E-state index contributed by atoms with van der Waals surface area (Å²) in [5.41, 5.74) is 2.16. The Balaban J connectivity index is 0.00000529. The second-order valence-corrected chi connectivity index (χ2v) is 6.35. The van der Waals surface area contributed by atoms with Crippen molar-refractivity contribution in [1.29, 1.82) is 0 Å². The molecule has 0 bridgehead atoms. The molecule has 0 heterocycles. The van der Waals surface area contributed by atoms with Crippen molar-refractivity contribution in [2.24, 2.45) is 0 Å². The average molecular weight is 341 g/mol. The van der Waals surface area contributed by atoms with Gasteiger partial charge in [-0.15, -0.1) is 0 Å². The number of aryl methyl sites for hydroxylation is 1. The number of anilines is 1. The van der Waals surface area contributed by atoms with E-state index in [4.69, 9.17) is 0 Å². The summed E-state index contributed by atoms with van der Waals surface area (Å²) in [6, 6.07) is 8.03. The first-order chi connectivity index (χ1) is 11.2. The van der Waals surface area contributed by atoms with Crippen LogP contribution in [-0.4, -0.2) is 12.5 Å². The van der Waals surface area contributed by atoms with Gasteiger partial charge in [0.25, 0.3) is 0 Å². The van der Waals surface area contributed by atoms with Crippen LogP contribution in [0, 0.1) is 0 Å². The van der Waals surface area contributed by atoms with Gasteiger partial charge in [0.05, 0.1) is 12.5 Å². The molecule has 0 saturated carbocycles.